The number of anilines is 1. The van der Waals surface area contributed by atoms with E-state index in [2.05, 4.69) is 9.97 Å². The molecular weight excluding hydrogens is 396 g/mol. The molecule has 0 amide bonds. The lowest BCUT2D eigenvalue weighted by atomic mass is 10.2. The van der Waals surface area contributed by atoms with Crippen LogP contribution in [0.1, 0.15) is 34.1 Å². The van der Waals surface area contributed by atoms with Gasteiger partial charge in [-0.2, -0.15) is 0 Å². The Morgan fingerprint density at radius 2 is 1.61 bits per heavy atom. The highest BCUT2D eigenvalue weighted by atomic mass is 16.5. The average Bonchev–Trinajstić information content (AvgIpc) is 3.06. The van der Waals surface area contributed by atoms with E-state index < -0.39 is 5.97 Å². The summed E-state index contributed by atoms with van der Waals surface area (Å²) >= 11 is 0. The molecule has 0 saturated heterocycles. The van der Waals surface area contributed by atoms with Gasteiger partial charge in [-0.05, 0) is 37.6 Å². The molecule has 0 saturated carbocycles. The number of nitrogens with zero attached hydrogens (tertiary/aromatic N) is 3. The molecule has 8 nitrogen and oxygen atoms in total. The molecule has 2 heterocycles. The SMILES string of the molecule is CCOC(=O)c1c(N)n(CCCOC(=O)c2ccccc2)c2nc3ccccc3nc12. The van der Waals surface area contributed by atoms with Gasteiger partial charge in [-0.25, -0.2) is 19.6 Å². The molecule has 0 aliphatic carbocycles. The molecule has 0 aliphatic rings. The lowest BCUT2D eigenvalue weighted by Crippen LogP contribution is -2.12. The number of benzene rings is 2. The van der Waals surface area contributed by atoms with Crippen molar-refractivity contribution in [2.45, 2.75) is 19.9 Å². The van der Waals surface area contributed by atoms with E-state index in [9.17, 15) is 9.59 Å². The summed E-state index contributed by atoms with van der Waals surface area (Å²) in [5, 5.41) is 0. The lowest BCUT2D eigenvalue weighted by Gasteiger charge is -2.09. The van der Waals surface area contributed by atoms with Gasteiger partial charge in [-0.1, -0.05) is 30.3 Å². The maximum Gasteiger partial charge on any atom is 0.344 e. The summed E-state index contributed by atoms with van der Waals surface area (Å²) in [4.78, 5) is 33.9. The van der Waals surface area contributed by atoms with Gasteiger partial charge in [0.05, 0.1) is 29.8 Å². The number of nitrogen functional groups attached to an aromatic ring is 1. The largest absolute Gasteiger partial charge is 0.462 e. The van der Waals surface area contributed by atoms with Crippen LogP contribution >= 0.6 is 0 Å². The molecule has 4 aromatic rings. The van der Waals surface area contributed by atoms with E-state index in [1.807, 2.05) is 30.3 Å². The van der Waals surface area contributed by atoms with E-state index in [1.165, 1.54) is 0 Å². The number of esters is 2. The van der Waals surface area contributed by atoms with Crippen molar-refractivity contribution >= 4 is 40.0 Å². The fourth-order valence-corrected chi connectivity index (χ4v) is 3.39. The Morgan fingerprint density at radius 3 is 2.32 bits per heavy atom. The molecule has 0 spiro atoms. The van der Waals surface area contributed by atoms with Crippen LogP contribution in [-0.4, -0.2) is 39.7 Å². The summed E-state index contributed by atoms with van der Waals surface area (Å²) in [6.45, 7) is 2.55. The number of fused-ring (bicyclic) bond motifs is 2. The maximum absolute atomic E-state index is 12.6. The second kappa shape index (κ2) is 8.83. The highest BCUT2D eigenvalue weighted by molar-refractivity contribution is 6.08. The lowest BCUT2D eigenvalue weighted by molar-refractivity contribution is 0.0495. The van der Waals surface area contributed by atoms with Gasteiger partial charge in [0.15, 0.2) is 5.65 Å². The molecule has 2 aromatic carbocycles. The zero-order valence-electron chi connectivity index (χ0n) is 17.1. The minimum Gasteiger partial charge on any atom is -0.462 e. The average molecular weight is 418 g/mol. The number of carbonyl (C=O) groups excluding carboxylic acids is 2. The zero-order valence-corrected chi connectivity index (χ0v) is 17.1. The minimum absolute atomic E-state index is 0.197. The van der Waals surface area contributed by atoms with Gasteiger partial charge in [0.2, 0.25) is 0 Å². The predicted molar refractivity (Wildman–Crippen MR) is 117 cm³/mol. The van der Waals surface area contributed by atoms with Gasteiger partial charge in [0.1, 0.15) is 16.9 Å². The third-order valence-corrected chi connectivity index (χ3v) is 4.84. The van der Waals surface area contributed by atoms with Gasteiger partial charge < -0.3 is 19.8 Å². The van der Waals surface area contributed by atoms with Crippen LogP contribution in [-0.2, 0) is 16.0 Å². The molecular formula is C23H22N4O4. The molecule has 0 fully saturated rings. The fraction of sp³-hybridized carbons (Fsp3) is 0.217. The molecule has 0 aliphatic heterocycles. The Morgan fingerprint density at radius 1 is 0.935 bits per heavy atom. The van der Waals surface area contributed by atoms with Crippen LogP contribution in [0.5, 0.6) is 0 Å². The summed E-state index contributed by atoms with van der Waals surface area (Å²) in [5.41, 5.74) is 9.27. The molecule has 4 rings (SSSR count). The second-order valence-electron chi connectivity index (χ2n) is 6.87. The molecule has 2 N–H and O–H groups in total. The summed E-state index contributed by atoms with van der Waals surface area (Å²) in [5.74, 6) is -0.689. The van der Waals surface area contributed by atoms with E-state index in [1.54, 1.807) is 35.8 Å². The van der Waals surface area contributed by atoms with Crippen molar-refractivity contribution in [2.75, 3.05) is 18.9 Å². The molecule has 0 atom stereocenters. The first kappa shape index (κ1) is 20.3. The van der Waals surface area contributed by atoms with Crippen LogP contribution in [0, 0.1) is 0 Å². The number of carbonyl (C=O) groups is 2. The van der Waals surface area contributed by atoms with Gasteiger partial charge in [0.25, 0.3) is 0 Å². The Hall–Kier alpha value is -3.94. The first-order chi connectivity index (χ1) is 15.1. The minimum atomic E-state index is -0.538. The monoisotopic (exact) mass is 418 g/mol. The molecule has 8 heteroatoms. The van der Waals surface area contributed by atoms with E-state index in [0.29, 0.717) is 40.7 Å². The van der Waals surface area contributed by atoms with Crippen molar-refractivity contribution in [1.29, 1.82) is 0 Å². The summed E-state index contributed by atoms with van der Waals surface area (Å²) < 4.78 is 12.2. The van der Waals surface area contributed by atoms with Crippen molar-refractivity contribution in [1.82, 2.24) is 14.5 Å². The fourth-order valence-electron chi connectivity index (χ4n) is 3.39. The molecule has 0 unspecified atom stereocenters. The van der Waals surface area contributed by atoms with Crippen molar-refractivity contribution < 1.29 is 19.1 Å². The molecule has 2 aromatic heterocycles. The molecule has 0 radical (unpaired) electrons. The number of aryl methyl sites for hydroxylation is 1. The molecule has 31 heavy (non-hydrogen) atoms. The van der Waals surface area contributed by atoms with Crippen molar-refractivity contribution in [3.8, 4) is 0 Å². The number of nitrogens with two attached hydrogens (primary N) is 1. The highest BCUT2D eigenvalue weighted by Crippen LogP contribution is 2.28. The quantitative estimate of drug-likeness (QED) is 0.361. The topological polar surface area (TPSA) is 109 Å². The Kier molecular flexibility index (Phi) is 5.79. The summed E-state index contributed by atoms with van der Waals surface area (Å²) in [7, 11) is 0. The van der Waals surface area contributed by atoms with Gasteiger partial charge >= 0.3 is 11.9 Å². The van der Waals surface area contributed by atoms with E-state index in [-0.39, 0.29) is 30.6 Å². The first-order valence-electron chi connectivity index (χ1n) is 10.0. The number of rotatable bonds is 7. The van der Waals surface area contributed by atoms with Crippen LogP contribution in [0.25, 0.3) is 22.2 Å². The van der Waals surface area contributed by atoms with Crippen LogP contribution in [0.2, 0.25) is 0 Å². The Balaban J connectivity index is 1.60. The normalized spacial score (nSPS) is 11.0. The number of hydrogen-bond donors (Lipinski definition) is 1. The Bertz CT molecular complexity index is 1250. The third kappa shape index (κ3) is 4.05. The maximum atomic E-state index is 12.6. The predicted octanol–water partition coefficient (Wildman–Crippen LogP) is 3.59. The number of ether oxygens (including phenoxy) is 2. The standard InChI is InChI=1S/C23H22N4O4/c1-2-30-23(29)18-19-21(26-17-12-7-6-11-16(17)25-19)27(20(18)24)13-8-14-31-22(28)15-9-4-3-5-10-15/h3-7,9-12H,2,8,13-14,24H2,1H3. The summed E-state index contributed by atoms with van der Waals surface area (Å²) in [6.07, 6.45) is 0.489. The van der Waals surface area contributed by atoms with Crippen molar-refractivity contribution in [3.63, 3.8) is 0 Å². The number of hydrogen-bond acceptors (Lipinski definition) is 7. The van der Waals surface area contributed by atoms with Crippen molar-refractivity contribution in [2.24, 2.45) is 0 Å². The van der Waals surface area contributed by atoms with Crippen LogP contribution < -0.4 is 5.73 Å². The third-order valence-electron chi connectivity index (χ3n) is 4.84. The highest BCUT2D eigenvalue weighted by Gasteiger charge is 2.24. The van der Waals surface area contributed by atoms with Gasteiger partial charge in [0, 0.05) is 6.54 Å². The van der Waals surface area contributed by atoms with Crippen LogP contribution in [0.4, 0.5) is 5.82 Å². The van der Waals surface area contributed by atoms with Gasteiger partial charge in [-0.3, -0.25) is 0 Å². The van der Waals surface area contributed by atoms with Gasteiger partial charge in [-0.15, -0.1) is 0 Å². The second-order valence-corrected chi connectivity index (χ2v) is 6.87. The van der Waals surface area contributed by atoms with E-state index >= 15 is 0 Å². The van der Waals surface area contributed by atoms with Crippen LogP contribution in [0.15, 0.2) is 54.6 Å². The van der Waals surface area contributed by atoms with Crippen LogP contribution in [0.3, 0.4) is 0 Å². The smallest absolute Gasteiger partial charge is 0.344 e. The first-order valence-corrected chi connectivity index (χ1v) is 10.0. The van der Waals surface area contributed by atoms with Crippen molar-refractivity contribution in [3.05, 3.63) is 65.7 Å². The zero-order chi connectivity index (χ0) is 21.8. The molecule has 0 bridgehead atoms. The number of para-hydroxylation sites is 2. The Labute approximate surface area is 178 Å². The van der Waals surface area contributed by atoms with E-state index in [4.69, 9.17) is 15.2 Å². The van der Waals surface area contributed by atoms with E-state index in [0.717, 1.165) is 0 Å². The molecule has 158 valence electrons. The summed E-state index contributed by atoms with van der Waals surface area (Å²) in [6, 6.07) is 16.2. The number of aromatic nitrogens is 3.